The molecule has 1 aromatic heterocycles. The number of rotatable bonds is 5. The fraction of sp³-hybridized carbons (Fsp3) is 0.444. The third-order valence-corrected chi connectivity index (χ3v) is 5.29. The lowest BCUT2D eigenvalue weighted by Gasteiger charge is -2.24. The molecule has 0 unspecified atom stereocenters. The molecule has 0 saturated carbocycles. The van der Waals surface area contributed by atoms with Crippen molar-refractivity contribution in [3.63, 3.8) is 0 Å². The molecule has 5 nitrogen and oxygen atoms in total. The van der Waals surface area contributed by atoms with Gasteiger partial charge in [-0.2, -0.15) is 0 Å². The number of nitrogens with zero attached hydrogens (tertiary/aromatic N) is 2. The highest BCUT2D eigenvalue weighted by molar-refractivity contribution is 7.09. The highest BCUT2D eigenvalue weighted by atomic mass is 32.1. The summed E-state index contributed by atoms with van der Waals surface area (Å²) in [5.41, 5.74) is 0.811. The summed E-state index contributed by atoms with van der Waals surface area (Å²) in [6.07, 6.45) is 2.61. The third kappa shape index (κ3) is 3.76. The Morgan fingerprint density at radius 3 is 2.96 bits per heavy atom. The molecule has 128 valence electrons. The van der Waals surface area contributed by atoms with Crippen LogP contribution in [0.15, 0.2) is 35.7 Å². The molecule has 2 heterocycles. The predicted octanol–water partition coefficient (Wildman–Crippen LogP) is 2.90. The molecule has 3 rings (SSSR count). The number of likely N-dealkylation sites (tertiary alicyclic amines) is 1. The number of urea groups is 1. The lowest BCUT2D eigenvalue weighted by molar-refractivity contribution is 0.0494. The first-order valence-electron chi connectivity index (χ1n) is 8.35. The maximum atomic E-state index is 12.3. The maximum Gasteiger partial charge on any atom is 0.317 e. The summed E-state index contributed by atoms with van der Waals surface area (Å²) in [5.74, 6) is 0. The van der Waals surface area contributed by atoms with Crippen molar-refractivity contribution >= 4 is 17.4 Å². The molecule has 1 aliphatic rings. The predicted molar refractivity (Wildman–Crippen MR) is 94.9 cm³/mol. The molecular weight excluding hydrogens is 322 g/mol. The van der Waals surface area contributed by atoms with Gasteiger partial charge in [0.25, 0.3) is 0 Å². The summed E-state index contributed by atoms with van der Waals surface area (Å²) in [6.45, 7) is 3.43. The van der Waals surface area contributed by atoms with Crippen LogP contribution in [0.5, 0.6) is 0 Å². The number of hydrogen-bond acceptors (Lipinski definition) is 4. The van der Waals surface area contributed by atoms with E-state index in [0.29, 0.717) is 26.1 Å². The van der Waals surface area contributed by atoms with E-state index in [1.807, 2.05) is 35.7 Å². The molecule has 2 N–H and O–H groups in total. The summed E-state index contributed by atoms with van der Waals surface area (Å²) in [6, 6.07) is 9.41. The fourth-order valence-electron chi connectivity index (χ4n) is 2.99. The van der Waals surface area contributed by atoms with Gasteiger partial charge < -0.3 is 15.3 Å². The molecule has 1 aromatic carbocycles. The molecule has 0 radical (unpaired) electrons. The van der Waals surface area contributed by atoms with Crippen LogP contribution in [0.4, 0.5) is 4.79 Å². The van der Waals surface area contributed by atoms with Crippen molar-refractivity contribution in [2.24, 2.45) is 0 Å². The van der Waals surface area contributed by atoms with Crippen LogP contribution in [0.1, 0.15) is 36.0 Å². The monoisotopic (exact) mass is 345 g/mol. The Morgan fingerprint density at radius 2 is 2.21 bits per heavy atom. The topological polar surface area (TPSA) is 65.5 Å². The normalized spacial score (nSPS) is 20.3. The van der Waals surface area contributed by atoms with E-state index < -0.39 is 5.60 Å². The first kappa shape index (κ1) is 16.9. The van der Waals surface area contributed by atoms with Gasteiger partial charge >= 0.3 is 6.03 Å². The highest BCUT2D eigenvalue weighted by Crippen LogP contribution is 2.31. The maximum absolute atomic E-state index is 12.3. The fourth-order valence-corrected chi connectivity index (χ4v) is 3.89. The molecule has 24 heavy (non-hydrogen) atoms. The molecule has 0 aliphatic carbocycles. The molecule has 1 aliphatic heterocycles. The van der Waals surface area contributed by atoms with Crippen LogP contribution in [-0.4, -0.2) is 34.1 Å². The number of aliphatic hydroxyl groups is 1. The summed E-state index contributed by atoms with van der Waals surface area (Å²) in [5, 5.41) is 16.8. The average Bonchev–Trinajstić information content (AvgIpc) is 3.22. The summed E-state index contributed by atoms with van der Waals surface area (Å²) >= 11 is 1.64. The zero-order chi connectivity index (χ0) is 17.0. The van der Waals surface area contributed by atoms with Gasteiger partial charge in [-0.05, 0) is 24.8 Å². The summed E-state index contributed by atoms with van der Waals surface area (Å²) in [7, 11) is 0. The smallest absolute Gasteiger partial charge is 0.317 e. The molecule has 1 atom stereocenters. The van der Waals surface area contributed by atoms with E-state index in [1.165, 1.54) is 0 Å². The Kier molecular flexibility index (Phi) is 5.16. The molecule has 2 aromatic rings. The molecule has 6 heteroatoms. The Balaban J connectivity index is 1.54. The summed E-state index contributed by atoms with van der Waals surface area (Å²) < 4.78 is 0. The molecule has 1 fully saturated rings. The third-order valence-electron chi connectivity index (χ3n) is 4.33. The number of benzene rings is 1. The number of hydrogen-bond donors (Lipinski definition) is 2. The quantitative estimate of drug-likeness (QED) is 0.876. The average molecular weight is 345 g/mol. The van der Waals surface area contributed by atoms with Gasteiger partial charge in [0.1, 0.15) is 5.60 Å². The lowest BCUT2D eigenvalue weighted by Crippen LogP contribution is -2.40. The highest BCUT2D eigenvalue weighted by Gasteiger charge is 2.39. The van der Waals surface area contributed by atoms with E-state index in [1.54, 1.807) is 16.2 Å². The molecule has 0 spiro atoms. The number of carbonyl (C=O) groups excluding carboxylic acids is 1. The van der Waals surface area contributed by atoms with E-state index in [4.69, 9.17) is 0 Å². The van der Waals surface area contributed by atoms with Gasteiger partial charge in [-0.1, -0.05) is 37.3 Å². The number of amides is 2. The van der Waals surface area contributed by atoms with Crippen molar-refractivity contribution in [1.29, 1.82) is 0 Å². The van der Waals surface area contributed by atoms with Crippen LogP contribution in [0, 0.1) is 0 Å². The zero-order valence-electron chi connectivity index (χ0n) is 13.9. The van der Waals surface area contributed by atoms with Crippen molar-refractivity contribution in [3.8, 4) is 0 Å². The number of β-amino-alcohol motifs (C(OH)–C–C–N with tert-alkyl or cyclic N) is 1. The first-order valence-corrected chi connectivity index (χ1v) is 9.22. The van der Waals surface area contributed by atoms with Crippen LogP contribution in [0.25, 0.3) is 0 Å². The number of thiazole rings is 1. The van der Waals surface area contributed by atoms with Crippen molar-refractivity contribution in [1.82, 2.24) is 15.2 Å². The van der Waals surface area contributed by atoms with E-state index >= 15 is 0 Å². The van der Waals surface area contributed by atoms with Crippen LogP contribution < -0.4 is 5.32 Å². The zero-order valence-corrected chi connectivity index (χ0v) is 14.7. The van der Waals surface area contributed by atoms with E-state index in [-0.39, 0.29) is 6.03 Å². The molecular formula is C18H23N3O2S. The van der Waals surface area contributed by atoms with Gasteiger partial charge in [0, 0.05) is 11.9 Å². The van der Waals surface area contributed by atoms with Crippen LogP contribution in [0.3, 0.4) is 0 Å². The van der Waals surface area contributed by atoms with Crippen LogP contribution >= 0.6 is 11.3 Å². The van der Waals surface area contributed by atoms with Crippen molar-refractivity contribution < 1.29 is 9.90 Å². The minimum absolute atomic E-state index is 0.146. The Bertz CT molecular complexity index is 689. The number of aromatic nitrogens is 1. The Labute approximate surface area is 146 Å². The molecule has 0 bridgehead atoms. The van der Waals surface area contributed by atoms with Gasteiger partial charge in [0.15, 0.2) is 0 Å². The van der Waals surface area contributed by atoms with E-state index in [2.05, 4.69) is 17.2 Å². The number of carbonyl (C=O) groups is 1. The second-order valence-electron chi connectivity index (χ2n) is 6.21. The van der Waals surface area contributed by atoms with Crippen LogP contribution in [-0.2, 0) is 18.6 Å². The minimum Gasteiger partial charge on any atom is -0.383 e. The first-order chi connectivity index (χ1) is 11.6. The Hall–Kier alpha value is -1.92. The van der Waals surface area contributed by atoms with Crippen molar-refractivity contribution in [2.75, 3.05) is 13.1 Å². The lowest BCUT2D eigenvalue weighted by atomic mass is 9.93. The van der Waals surface area contributed by atoms with Gasteiger partial charge in [-0.3, -0.25) is 0 Å². The Morgan fingerprint density at radius 1 is 1.42 bits per heavy atom. The minimum atomic E-state index is -0.951. The van der Waals surface area contributed by atoms with Gasteiger partial charge in [-0.15, -0.1) is 11.3 Å². The molecule has 2 amide bonds. The number of nitrogens with one attached hydrogen (secondary N) is 1. The second-order valence-corrected chi connectivity index (χ2v) is 7.15. The SMILES string of the molecule is CCCc1nc(CNC(=O)N2CC[C@@](O)(c3ccccc3)C2)cs1. The largest absolute Gasteiger partial charge is 0.383 e. The van der Waals surface area contributed by atoms with Gasteiger partial charge in [0.2, 0.25) is 0 Å². The standard InChI is InChI=1S/C18H23N3O2S/c1-2-6-16-20-15(12-24-16)11-19-17(22)21-10-9-18(23,13-21)14-7-4-3-5-8-14/h3-5,7-8,12,23H,2,6,9-11,13H2,1H3,(H,19,22)/t18-/m0/s1. The summed E-state index contributed by atoms with van der Waals surface area (Å²) in [4.78, 5) is 18.5. The second kappa shape index (κ2) is 7.32. The number of aryl methyl sites for hydroxylation is 1. The van der Waals surface area contributed by atoms with E-state index in [0.717, 1.165) is 29.1 Å². The van der Waals surface area contributed by atoms with Gasteiger partial charge in [-0.25, -0.2) is 9.78 Å². The van der Waals surface area contributed by atoms with Gasteiger partial charge in [0.05, 0.1) is 23.8 Å². The van der Waals surface area contributed by atoms with Crippen molar-refractivity contribution in [2.45, 2.75) is 38.3 Å². The van der Waals surface area contributed by atoms with Crippen LogP contribution in [0.2, 0.25) is 0 Å². The molecule has 1 saturated heterocycles. The van der Waals surface area contributed by atoms with E-state index in [9.17, 15) is 9.90 Å². The van der Waals surface area contributed by atoms with Crippen molar-refractivity contribution in [3.05, 3.63) is 52.0 Å².